The van der Waals surface area contributed by atoms with Crippen molar-refractivity contribution in [3.05, 3.63) is 0 Å². The molecule has 0 amide bonds. The molecule has 2 fully saturated rings. The van der Waals surface area contributed by atoms with E-state index in [2.05, 4.69) is 17.1 Å². The van der Waals surface area contributed by atoms with E-state index in [1.807, 2.05) is 0 Å². The van der Waals surface area contributed by atoms with E-state index in [4.69, 9.17) is 10.8 Å². The van der Waals surface area contributed by atoms with Crippen molar-refractivity contribution in [2.45, 2.75) is 63.1 Å². The van der Waals surface area contributed by atoms with Crippen LogP contribution in [0.3, 0.4) is 0 Å². The summed E-state index contributed by atoms with van der Waals surface area (Å²) in [6.07, 6.45) is 6.98. The first-order chi connectivity index (χ1) is 8.69. The normalized spacial score (nSPS) is 34.5. The van der Waals surface area contributed by atoms with Crippen molar-refractivity contribution in [2.24, 2.45) is 5.73 Å². The molecule has 2 aliphatic rings. The number of aliphatic hydroxyl groups is 1. The predicted molar refractivity (Wildman–Crippen MR) is 74.5 cm³/mol. The summed E-state index contributed by atoms with van der Waals surface area (Å²) in [4.78, 5) is 2.63. The Hall–Kier alpha value is -0.160. The molecule has 4 nitrogen and oxygen atoms in total. The molecule has 2 saturated heterocycles. The Bertz CT molecular complexity index is 261. The summed E-state index contributed by atoms with van der Waals surface area (Å²) in [6.45, 7) is 5.72. The van der Waals surface area contributed by atoms with Gasteiger partial charge in [-0.15, -0.1) is 0 Å². The summed E-state index contributed by atoms with van der Waals surface area (Å²) in [5.74, 6) is 0. The van der Waals surface area contributed by atoms with Crippen molar-refractivity contribution in [3.8, 4) is 0 Å². The third-order valence-corrected chi connectivity index (χ3v) is 4.74. The first-order valence-corrected chi connectivity index (χ1v) is 7.52. The fourth-order valence-corrected chi connectivity index (χ4v) is 3.70. The molecule has 0 aromatic rings. The lowest BCUT2D eigenvalue weighted by Crippen LogP contribution is -2.61. The second-order valence-electron chi connectivity index (χ2n) is 6.18. The van der Waals surface area contributed by atoms with Crippen LogP contribution in [-0.2, 0) is 0 Å². The van der Waals surface area contributed by atoms with Crippen molar-refractivity contribution in [3.63, 3.8) is 0 Å². The van der Waals surface area contributed by atoms with Gasteiger partial charge < -0.3 is 21.1 Å². The minimum Gasteiger partial charge on any atom is -0.396 e. The molecule has 0 aromatic carbocycles. The van der Waals surface area contributed by atoms with Gasteiger partial charge in [-0.05, 0) is 52.0 Å². The molecule has 2 heterocycles. The van der Waals surface area contributed by atoms with E-state index in [-0.39, 0.29) is 12.1 Å². The lowest BCUT2D eigenvalue weighted by Gasteiger charge is -2.45. The van der Waals surface area contributed by atoms with Crippen LogP contribution in [-0.4, -0.2) is 53.9 Å². The van der Waals surface area contributed by atoms with Crippen LogP contribution in [0.2, 0.25) is 0 Å². The van der Waals surface area contributed by atoms with Crippen molar-refractivity contribution in [1.29, 1.82) is 0 Å². The van der Waals surface area contributed by atoms with Gasteiger partial charge in [0.1, 0.15) is 0 Å². The molecule has 3 atom stereocenters. The molecule has 0 aliphatic carbocycles. The molecule has 0 aromatic heterocycles. The summed E-state index contributed by atoms with van der Waals surface area (Å²) in [5.41, 5.74) is 6.21. The highest BCUT2D eigenvalue weighted by atomic mass is 16.2. The third kappa shape index (κ3) is 3.23. The van der Waals surface area contributed by atoms with E-state index in [1.54, 1.807) is 0 Å². The van der Waals surface area contributed by atoms with E-state index in [1.165, 1.54) is 38.8 Å². The minimum atomic E-state index is 0.139. The number of piperidine rings is 1. The standard InChI is InChI=1S/C14H29N3O/c1-12(4-3-9-18)16-14(11-15)6-8-17-7-2-5-13(17)10-14/h12-13,16,18H,2-11,15H2,1H3. The second-order valence-corrected chi connectivity index (χ2v) is 6.18. The van der Waals surface area contributed by atoms with Crippen molar-refractivity contribution < 1.29 is 5.11 Å². The van der Waals surface area contributed by atoms with Gasteiger partial charge in [-0.25, -0.2) is 0 Å². The summed E-state index contributed by atoms with van der Waals surface area (Å²) in [5, 5.41) is 12.7. The first-order valence-electron chi connectivity index (χ1n) is 7.52. The highest BCUT2D eigenvalue weighted by Gasteiger charge is 2.40. The number of fused-ring (bicyclic) bond motifs is 1. The Kier molecular flexibility index (Phi) is 5.01. The topological polar surface area (TPSA) is 61.5 Å². The van der Waals surface area contributed by atoms with Crippen LogP contribution in [0.5, 0.6) is 0 Å². The van der Waals surface area contributed by atoms with E-state index >= 15 is 0 Å². The largest absolute Gasteiger partial charge is 0.396 e. The van der Waals surface area contributed by atoms with Gasteiger partial charge in [0.2, 0.25) is 0 Å². The second kappa shape index (κ2) is 6.33. The average molecular weight is 255 g/mol. The molecule has 106 valence electrons. The van der Waals surface area contributed by atoms with Gasteiger partial charge in [-0.1, -0.05) is 0 Å². The number of nitrogens with one attached hydrogen (secondary N) is 1. The Morgan fingerprint density at radius 3 is 3.06 bits per heavy atom. The van der Waals surface area contributed by atoms with Gasteiger partial charge in [-0.3, -0.25) is 0 Å². The third-order valence-electron chi connectivity index (χ3n) is 4.74. The lowest BCUT2D eigenvalue weighted by molar-refractivity contribution is 0.101. The van der Waals surface area contributed by atoms with Crippen molar-refractivity contribution in [1.82, 2.24) is 10.2 Å². The van der Waals surface area contributed by atoms with Crippen molar-refractivity contribution >= 4 is 0 Å². The van der Waals surface area contributed by atoms with Crippen LogP contribution in [0.15, 0.2) is 0 Å². The Morgan fingerprint density at radius 1 is 1.50 bits per heavy atom. The summed E-state index contributed by atoms with van der Waals surface area (Å²) < 4.78 is 0. The number of hydrogen-bond acceptors (Lipinski definition) is 4. The molecule has 2 rings (SSSR count). The molecule has 3 unspecified atom stereocenters. The maximum Gasteiger partial charge on any atom is 0.0431 e. The zero-order chi connectivity index (χ0) is 13.0. The van der Waals surface area contributed by atoms with Crippen LogP contribution >= 0.6 is 0 Å². The summed E-state index contributed by atoms with van der Waals surface area (Å²) >= 11 is 0. The van der Waals surface area contributed by atoms with E-state index in [0.717, 1.165) is 25.4 Å². The lowest BCUT2D eigenvalue weighted by atomic mass is 9.82. The van der Waals surface area contributed by atoms with Gasteiger partial charge >= 0.3 is 0 Å². The van der Waals surface area contributed by atoms with Crippen LogP contribution in [0.25, 0.3) is 0 Å². The van der Waals surface area contributed by atoms with Gasteiger partial charge in [-0.2, -0.15) is 0 Å². The van der Waals surface area contributed by atoms with Gasteiger partial charge in [0, 0.05) is 37.3 Å². The minimum absolute atomic E-state index is 0.139. The van der Waals surface area contributed by atoms with Gasteiger partial charge in [0.25, 0.3) is 0 Å². The molecule has 0 radical (unpaired) electrons. The SMILES string of the molecule is CC(CCCO)NC1(CN)CCN2CCCC2C1. The van der Waals surface area contributed by atoms with Crippen LogP contribution in [0, 0.1) is 0 Å². The smallest absolute Gasteiger partial charge is 0.0431 e. The van der Waals surface area contributed by atoms with E-state index in [0.29, 0.717) is 6.04 Å². The Labute approximate surface area is 111 Å². The molecular weight excluding hydrogens is 226 g/mol. The molecule has 4 N–H and O–H groups in total. The van der Waals surface area contributed by atoms with Crippen LogP contribution in [0.1, 0.15) is 45.4 Å². The number of hydrogen-bond donors (Lipinski definition) is 3. The quantitative estimate of drug-likeness (QED) is 0.653. The zero-order valence-electron chi connectivity index (χ0n) is 11.7. The molecular formula is C14H29N3O. The van der Waals surface area contributed by atoms with Crippen molar-refractivity contribution in [2.75, 3.05) is 26.2 Å². The van der Waals surface area contributed by atoms with Gasteiger partial charge in [0.05, 0.1) is 0 Å². The summed E-state index contributed by atoms with van der Waals surface area (Å²) in [7, 11) is 0. The number of rotatable bonds is 6. The predicted octanol–water partition coefficient (Wildman–Crippen LogP) is 0.693. The fourth-order valence-electron chi connectivity index (χ4n) is 3.70. The first kappa shape index (κ1) is 14.3. The Balaban J connectivity index is 1.89. The van der Waals surface area contributed by atoms with Crippen LogP contribution in [0.4, 0.5) is 0 Å². The Morgan fingerprint density at radius 2 is 2.33 bits per heavy atom. The van der Waals surface area contributed by atoms with E-state index in [9.17, 15) is 0 Å². The average Bonchev–Trinajstić information content (AvgIpc) is 2.83. The maximum atomic E-state index is 8.91. The highest BCUT2D eigenvalue weighted by molar-refractivity contribution is 5.01. The fraction of sp³-hybridized carbons (Fsp3) is 1.00. The highest BCUT2D eigenvalue weighted by Crippen LogP contribution is 2.33. The molecule has 18 heavy (non-hydrogen) atoms. The van der Waals surface area contributed by atoms with Crippen LogP contribution < -0.4 is 11.1 Å². The maximum absolute atomic E-state index is 8.91. The van der Waals surface area contributed by atoms with E-state index < -0.39 is 0 Å². The molecule has 2 aliphatic heterocycles. The monoisotopic (exact) mass is 255 g/mol. The summed E-state index contributed by atoms with van der Waals surface area (Å²) in [6, 6.07) is 1.20. The molecule has 4 heteroatoms. The molecule has 0 bridgehead atoms. The number of nitrogens with zero attached hydrogens (tertiary/aromatic N) is 1. The number of aliphatic hydroxyl groups excluding tert-OH is 1. The number of nitrogens with two attached hydrogens (primary N) is 1. The molecule has 0 saturated carbocycles. The van der Waals surface area contributed by atoms with Gasteiger partial charge in [0.15, 0.2) is 0 Å². The zero-order valence-corrected chi connectivity index (χ0v) is 11.7. The molecule has 0 spiro atoms.